The van der Waals surface area contributed by atoms with Crippen molar-refractivity contribution in [3.8, 4) is 0 Å². The molecule has 2 aromatic rings. The van der Waals surface area contributed by atoms with Crippen molar-refractivity contribution in [2.45, 2.75) is 38.3 Å². The molecule has 2 fully saturated rings. The van der Waals surface area contributed by atoms with E-state index in [1.807, 2.05) is 36.1 Å². The molecule has 4 rings (SSSR count). The number of fused-ring (bicyclic) bond motifs is 3. The second kappa shape index (κ2) is 5.57. The van der Waals surface area contributed by atoms with Crippen molar-refractivity contribution >= 4 is 22.7 Å². The van der Waals surface area contributed by atoms with Crippen LogP contribution in [0.5, 0.6) is 0 Å². The summed E-state index contributed by atoms with van der Waals surface area (Å²) in [6.45, 7) is 3.56. The van der Waals surface area contributed by atoms with E-state index in [9.17, 15) is 4.79 Å². The number of para-hydroxylation sites is 1. The number of amides is 2. The van der Waals surface area contributed by atoms with Crippen LogP contribution in [0.15, 0.2) is 28.7 Å². The Morgan fingerprint density at radius 2 is 2.09 bits per heavy atom. The monoisotopic (exact) mass is 313 g/mol. The number of furan rings is 1. The highest BCUT2D eigenvalue weighted by atomic mass is 16.3. The lowest BCUT2D eigenvalue weighted by Crippen LogP contribution is -2.41. The van der Waals surface area contributed by atoms with Crippen LogP contribution >= 0.6 is 0 Å². The Balaban J connectivity index is 1.53. The Kier molecular flexibility index (Phi) is 3.53. The Morgan fingerprint density at radius 1 is 1.26 bits per heavy atom. The Bertz CT molecular complexity index is 739. The molecule has 23 heavy (non-hydrogen) atoms. The highest BCUT2D eigenvalue weighted by Crippen LogP contribution is 2.30. The van der Waals surface area contributed by atoms with Crippen molar-refractivity contribution in [2.24, 2.45) is 0 Å². The molecule has 2 atom stereocenters. The molecule has 5 heteroatoms. The Labute approximate surface area is 136 Å². The third-order valence-electron chi connectivity index (χ3n) is 5.34. The van der Waals surface area contributed by atoms with E-state index >= 15 is 0 Å². The highest BCUT2D eigenvalue weighted by Gasteiger charge is 2.36. The zero-order valence-corrected chi connectivity index (χ0v) is 13.7. The largest absolute Gasteiger partial charge is 0.459 e. The molecule has 1 aromatic heterocycles. The van der Waals surface area contributed by atoms with Gasteiger partial charge in [0.2, 0.25) is 0 Å². The lowest BCUT2D eigenvalue weighted by Gasteiger charge is -2.26. The van der Waals surface area contributed by atoms with E-state index in [1.54, 1.807) is 0 Å². The minimum atomic E-state index is -0.0208. The van der Waals surface area contributed by atoms with Gasteiger partial charge in [0, 0.05) is 30.6 Å². The summed E-state index contributed by atoms with van der Waals surface area (Å²) in [5, 5.41) is 4.07. The highest BCUT2D eigenvalue weighted by molar-refractivity contribution is 5.99. The number of benzene rings is 1. The molecular weight excluding hydrogens is 290 g/mol. The molecule has 5 nitrogen and oxygen atoms in total. The zero-order chi connectivity index (χ0) is 16.0. The van der Waals surface area contributed by atoms with E-state index in [0.29, 0.717) is 12.1 Å². The molecule has 1 aromatic carbocycles. The molecule has 3 heterocycles. The van der Waals surface area contributed by atoms with E-state index in [1.165, 1.54) is 12.8 Å². The third-order valence-corrected chi connectivity index (χ3v) is 5.34. The van der Waals surface area contributed by atoms with Crippen LogP contribution in [0.3, 0.4) is 0 Å². The van der Waals surface area contributed by atoms with Crippen molar-refractivity contribution in [1.29, 1.82) is 0 Å². The van der Waals surface area contributed by atoms with Gasteiger partial charge in [-0.15, -0.1) is 0 Å². The molecule has 0 unspecified atom stereocenters. The smallest absolute Gasteiger partial charge is 0.322 e. The maximum absolute atomic E-state index is 12.7. The number of urea groups is 1. The second-order valence-electron chi connectivity index (χ2n) is 6.80. The molecule has 2 aliphatic heterocycles. The van der Waals surface area contributed by atoms with Crippen LogP contribution in [0.25, 0.3) is 11.0 Å². The maximum atomic E-state index is 12.7. The second-order valence-corrected chi connectivity index (χ2v) is 6.80. The number of anilines is 1. The van der Waals surface area contributed by atoms with Gasteiger partial charge in [-0.25, -0.2) is 4.79 Å². The summed E-state index contributed by atoms with van der Waals surface area (Å²) in [6.07, 6.45) is 3.52. The first-order valence-electron chi connectivity index (χ1n) is 8.39. The number of likely N-dealkylation sites (tertiary alicyclic amines) is 1. The summed E-state index contributed by atoms with van der Waals surface area (Å²) in [4.78, 5) is 17.1. The van der Waals surface area contributed by atoms with Gasteiger partial charge >= 0.3 is 6.03 Å². The summed E-state index contributed by atoms with van der Waals surface area (Å²) >= 11 is 0. The van der Waals surface area contributed by atoms with Crippen molar-refractivity contribution < 1.29 is 9.21 Å². The lowest BCUT2D eigenvalue weighted by atomic mass is 10.1. The topological polar surface area (TPSA) is 48.7 Å². The molecule has 0 saturated carbocycles. The molecule has 2 bridgehead atoms. The minimum Gasteiger partial charge on any atom is -0.459 e. The third kappa shape index (κ3) is 2.59. The number of carbonyl (C=O) groups excluding carboxylic acids is 1. The summed E-state index contributed by atoms with van der Waals surface area (Å²) < 4.78 is 5.74. The number of carbonyl (C=O) groups is 1. The summed E-state index contributed by atoms with van der Waals surface area (Å²) in [6, 6.07) is 8.95. The van der Waals surface area contributed by atoms with Gasteiger partial charge in [-0.2, -0.15) is 0 Å². The number of nitrogens with one attached hydrogen (secondary N) is 1. The summed E-state index contributed by atoms with van der Waals surface area (Å²) in [5.74, 6) is 0.857. The van der Waals surface area contributed by atoms with Gasteiger partial charge < -0.3 is 14.6 Å². The Hall–Kier alpha value is -2.01. The number of likely N-dealkylation sites (N-methyl/N-ethyl adjacent to an activating group) is 1. The van der Waals surface area contributed by atoms with Crippen molar-refractivity contribution in [3.05, 3.63) is 30.0 Å². The fourth-order valence-corrected chi connectivity index (χ4v) is 3.98. The predicted octanol–water partition coefficient (Wildman–Crippen LogP) is 3.44. The standard InChI is InChI=1S/C18H23N3O2/c1-12-10-13-4-3-5-16(17(13)23-12)19-18(22)21-9-8-14-6-7-15(11-21)20(14)2/h3-5,10,14-15H,6-9,11H2,1-2H3,(H,19,22)/t14-,15+/m1/s1. The maximum Gasteiger partial charge on any atom is 0.322 e. The van der Waals surface area contributed by atoms with Crippen LogP contribution in [0, 0.1) is 6.92 Å². The van der Waals surface area contributed by atoms with Crippen LogP contribution in [0.2, 0.25) is 0 Å². The van der Waals surface area contributed by atoms with Gasteiger partial charge in [0.15, 0.2) is 5.58 Å². The van der Waals surface area contributed by atoms with Crippen molar-refractivity contribution in [1.82, 2.24) is 9.80 Å². The first kappa shape index (κ1) is 14.6. The van der Waals surface area contributed by atoms with E-state index in [0.717, 1.165) is 41.9 Å². The number of hydrogen-bond acceptors (Lipinski definition) is 3. The number of hydrogen-bond donors (Lipinski definition) is 1. The SMILES string of the molecule is Cc1cc2cccc(NC(=O)N3CC[C@H]4CC[C@@H](C3)N4C)c2o1. The van der Waals surface area contributed by atoms with Gasteiger partial charge in [0.1, 0.15) is 5.76 Å². The van der Waals surface area contributed by atoms with Gasteiger partial charge in [-0.1, -0.05) is 12.1 Å². The summed E-state index contributed by atoms with van der Waals surface area (Å²) in [5.41, 5.74) is 1.51. The molecular formula is C18H23N3O2. The molecule has 0 spiro atoms. The average Bonchev–Trinajstić information content (AvgIpc) is 2.99. The molecule has 122 valence electrons. The first-order valence-corrected chi connectivity index (χ1v) is 8.39. The predicted molar refractivity (Wildman–Crippen MR) is 90.7 cm³/mol. The van der Waals surface area contributed by atoms with Crippen LogP contribution < -0.4 is 5.32 Å². The molecule has 0 aliphatic carbocycles. The molecule has 2 saturated heterocycles. The summed E-state index contributed by atoms with van der Waals surface area (Å²) in [7, 11) is 2.19. The molecule has 2 aliphatic rings. The van der Waals surface area contributed by atoms with Crippen LogP contribution in [0.1, 0.15) is 25.0 Å². The quantitative estimate of drug-likeness (QED) is 0.877. The van der Waals surface area contributed by atoms with Crippen LogP contribution in [0.4, 0.5) is 10.5 Å². The van der Waals surface area contributed by atoms with Gasteiger partial charge in [-0.3, -0.25) is 4.90 Å². The number of aryl methyl sites for hydroxylation is 1. The van der Waals surface area contributed by atoms with Crippen molar-refractivity contribution in [3.63, 3.8) is 0 Å². The average molecular weight is 313 g/mol. The first-order chi connectivity index (χ1) is 11.1. The Morgan fingerprint density at radius 3 is 2.96 bits per heavy atom. The van der Waals surface area contributed by atoms with E-state index < -0.39 is 0 Å². The zero-order valence-electron chi connectivity index (χ0n) is 13.7. The van der Waals surface area contributed by atoms with E-state index in [4.69, 9.17) is 4.42 Å². The van der Waals surface area contributed by atoms with Gasteiger partial charge in [0.05, 0.1) is 5.69 Å². The van der Waals surface area contributed by atoms with Crippen LogP contribution in [-0.4, -0.2) is 48.1 Å². The van der Waals surface area contributed by atoms with Crippen LogP contribution in [-0.2, 0) is 0 Å². The van der Waals surface area contributed by atoms with E-state index in [2.05, 4.69) is 17.3 Å². The van der Waals surface area contributed by atoms with Gasteiger partial charge in [-0.05, 0) is 45.4 Å². The molecule has 1 N–H and O–H groups in total. The number of rotatable bonds is 1. The normalized spacial score (nSPS) is 24.9. The minimum absolute atomic E-state index is 0.0208. The van der Waals surface area contributed by atoms with Gasteiger partial charge in [0.25, 0.3) is 0 Å². The molecule has 0 radical (unpaired) electrons. The number of nitrogens with zero attached hydrogens (tertiary/aromatic N) is 2. The fourth-order valence-electron chi connectivity index (χ4n) is 3.98. The van der Waals surface area contributed by atoms with E-state index in [-0.39, 0.29) is 6.03 Å². The van der Waals surface area contributed by atoms with Crippen molar-refractivity contribution in [2.75, 3.05) is 25.5 Å². The lowest BCUT2D eigenvalue weighted by molar-refractivity contribution is 0.200. The molecule has 2 amide bonds. The fraction of sp³-hybridized carbons (Fsp3) is 0.500.